The zero-order valence-corrected chi connectivity index (χ0v) is 7.49. The van der Waals surface area contributed by atoms with Gasteiger partial charge in [-0.15, -0.1) is 0 Å². The largest absolute Gasteiger partial charge is 0.492 e. The summed E-state index contributed by atoms with van der Waals surface area (Å²) in [5.41, 5.74) is 0.589. The minimum absolute atomic E-state index is 0.589. The quantitative estimate of drug-likeness (QED) is 0.657. The van der Waals surface area contributed by atoms with Crippen LogP contribution in [-0.4, -0.2) is 6.61 Å². The molecule has 0 saturated heterocycles. The molecule has 0 saturated carbocycles. The first-order valence-electron chi connectivity index (χ1n) is 4.29. The van der Waals surface area contributed by atoms with Gasteiger partial charge in [0, 0.05) is 0 Å². The highest BCUT2D eigenvalue weighted by atomic mass is 16.5. The molecule has 13 heavy (non-hydrogen) atoms. The fourth-order valence-corrected chi connectivity index (χ4v) is 0.969. The number of ether oxygens (including phenoxy) is 1. The van der Waals surface area contributed by atoms with E-state index < -0.39 is 0 Å². The normalized spacial score (nSPS) is 9.23. The van der Waals surface area contributed by atoms with Crippen LogP contribution in [0.5, 0.6) is 5.75 Å². The lowest BCUT2D eigenvalue weighted by Crippen LogP contribution is -1.97. The van der Waals surface area contributed by atoms with Crippen molar-refractivity contribution in [3.63, 3.8) is 0 Å². The lowest BCUT2D eigenvalue weighted by molar-refractivity contribution is 0.311. The molecule has 67 valence electrons. The highest BCUT2D eigenvalue weighted by molar-refractivity contribution is 5.42. The number of nitrogens with zero attached hydrogens (tertiary/aromatic N) is 1. The molecule has 2 heteroatoms. The van der Waals surface area contributed by atoms with Gasteiger partial charge in [-0.25, -0.2) is 0 Å². The molecule has 0 aliphatic heterocycles. The number of para-hydroxylation sites is 1. The number of unbranched alkanes of at least 4 members (excludes halogenated alkanes) is 1. The smallest absolute Gasteiger partial charge is 0.137 e. The van der Waals surface area contributed by atoms with Gasteiger partial charge in [0.15, 0.2) is 0 Å². The van der Waals surface area contributed by atoms with E-state index in [0.29, 0.717) is 17.9 Å². The maximum Gasteiger partial charge on any atom is 0.137 e. The van der Waals surface area contributed by atoms with Crippen molar-refractivity contribution in [3.05, 3.63) is 36.8 Å². The van der Waals surface area contributed by atoms with Crippen molar-refractivity contribution in [3.8, 4) is 11.8 Å². The van der Waals surface area contributed by atoms with Crippen molar-refractivity contribution in [2.75, 3.05) is 6.61 Å². The van der Waals surface area contributed by atoms with Crippen LogP contribution in [0.25, 0.3) is 0 Å². The van der Waals surface area contributed by atoms with E-state index in [-0.39, 0.29) is 0 Å². The van der Waals surface area contributed by atoms with Crippen molar-refractivity contribution < 1.29 is 4.74 Å². The Kier molecular flexibility index (Phi) is 3.84. The van der Waals surface area contributed by atoms with Crippen LogP contribution in [0.3, 0.4) is 0 Å². The van der Waals surface area contributed by atoms with Gasteiger partial charge in [-0.3, -0.25) is 0 Å². The Labute approximate surface area is 78.8 Å². The first-order valence-corrected chi connectivity index (χ1v) is 4.29. The zero-order chi connectivity index (χ0) is 9.52. The standard InChI is InChI=1S/C11H12NO/c1-2-3-8-13-11-7-5-4-6-10(11)9-12/h4-7H,1-3,8H2. The molecule has 0 aliphatic rings. The van der Waals surface area contributed by atoms with Crippen LogP contribution in [0.1, 0.15) is 18.4 Å². The lowest BCUT2D eigenvalue weighted by atomic mass is 10.2. The Morgan fingerprint density at radius 2 is 2.15 bits per heavy atom. The van der Waals surface area contributed by atoms with Crippen LogP contribution in [0.2, 0.25) is 0 Å². The first kappa shape index (κ1) is 9.60. The minimum Gasteiger partial charge on any atom is -0.492 e. The molecule has 0 atom stereocenters. The second kappa shape index (κ2) is 5.21. The highest BCUT2D eigenvalue weighted by Crippen LogP contribution is 2.16. The maximum atomic E-state index is 8.73. The van der Waals surface area contributed by atoms with Gasteiger partial charge < -0.3 is 4.74 Å². The summed E-state index contributed by atoms with van der Waals surface area (Å²) < 4.78 is 5.41. The summed E-state index contributed by atoms with van der Waals surface area (Å²) in [7, 11) is 0. The predicted octanol–water partition coefficient (Wildman–Crippen LogP) is 2.55. The molecule has 0 heterocycles. The van der Waals surface area contributed by atoms with E-state index in [0.717, 1.165) is 12.8 Å². The molecule has 1 aromatic carbocycles. The SMILES string of the molecule is [CH2]CCCOc1ccccc1C#N. The van der Waals surface area contributed by atoms with Gasteiger partial charge in [-0.05, 0) is 18.6 Å². The van der Waals surface area contributed by atoms with Gasteiger partial charge in [0.2, 0.25) is 0 Å². The molecule has 0 aromatic heterocycles. The molecule has 1 rings (SSSR count). The number of rotatable bonds is 4. The fourth-order valence-electron chi connectivity index (χ4n) is 0.969. The number of nitriles is 1. The fraction of sp³-hybridized carbons (Fsp3) is 0.273. The van der Waals surface area contributed by atoms with Crippen molar-refractivity contribution in [2.45, 2.75) is 12.8 Å². The average Bonchev–Trinajstić information content (AvgIpc) is 2.19. The van der Waals surface area contributed by atoms with E-state index in [1.54, 1.807) is 6.07 Å². The van der Waals surface area contributed by atoms with Gasteiger partial charge in [-0.1, -0.05) is 25.5 Å². The third-order valence-electron chi connectivity index (χ3n) is 1.66. The topological polar surface area (TPSA) is 33.0 Å². The molecule has 0 aliphatic carbocycles. The molecule has 0 fully saturated rings. The number of benzene rings is 1. The second-order valence-corrected chi connectivity index (χ2v) is 2.66. The molecule has 1 radical (unpaired) electrons. The summed E-state index contributed by atoms with van der Waals surface area (Å²) in [5.74, 6) is 0.665. The molecular weight excluding hydrogens is 162 g/mol. The van der Waals surface area contributed by atoms with E-state index >= 15 is 0 Å². The number of hydrogen-bond donors (Lipinski definition) is 0. The molecule has 0 spiro atoms. The van der Waals surface area contributed by atoms with Gasteiger partial charge in [-0.2, -0.15) is 5.26 Å². The van der Waals surface area contributed by atoms with E-state index in [9.17, 15) is 0 Å². The third kappa shape index (κ3) is 2.79. The average molecular weight is 174 g/mol. The molecular formula is C11H12NO. The maximum absolute atomic E-state index is 8.73. The van der Waals surface area contributed by atoms with Crippen LogP contribution in [0.15, 0.2) is 24.3 Å². The van der Waals surface area contributed by atoms with Crippen molar-refractivity contribution >= 4 is 0 Å². The summed E-state index contributed by atoms with van der Waals surface area (Å²) in [6.45, 7) is 4.34. The Hall–Kier alpha value is -1.49. The summed E-state index contributed by atoms with van der Waals surface area (Å²) in [6.07, 6.45) is 1.77. The van der Waals surface area contributed by atoms with E-state index in [1.165, 1.54) is 0 Å². The summed E-state index contributed by atoms with van der Waals surface area (Å²) >= 11 is 0. The van der Waals surface area contributed by atoms with Gasteiger partial charge in [0.25, 0.3) is 0 Å². The predicted molar refractivity (Wildman–Crippen MR) is 51.2 cm³/mol. The Morgan fingerprint density at radius 1 is 1.38 bits per heavy atom. The van der Waals surface area contributed by atoms with Gasteiger partial charge in [0.1, 0.15) is 11.8 Å². The second-order valence-electron chi connectivity index (χ2n) is 2.66. The Morgan fingerprint density at radius 3 is 2.85 bits per heavy atom. The molecule has 0 unspecified atom stereocenters. The third-order valence-corrected chi connectivity index (χ3v) is 1.66. The zero-order valence-electron chi connectivity index (χ0n) is 7.49. The van der Waals surface area contributed by atoms with E-state index in [2.05, 4.69) is 13.0 Å². The molecule has 0 amide bonds. The molecule has 0 bridgehead atoms. The number of hydrogen-bond acceptors (Lipinski definition) is 2. The summed E-state index contributed by atoms with van der Waals surface area (Å²) in [5, 5.41) is 8.73. The van der Waals surface area contributed by atoms with Crippen LogP contribution in [-0.2, 0) is 0 Å². The molecule has 1 aromatic rings. The summed E-state index contributed by atoms with van der Waals surface area (Å²) in [4.78, 5) is 0. The first-order chi connectivity index (χ1) is 6.38. The van der Waals surface area contributed by atoms with Crippen LogP contribution < -0.4 is 4.74 Å². The van der Waals surface area contributed by atoms with Crippen molar-refractivity contribution in [1.82, 2.24) is 0 Å². The highest BCUT2D eigenvalue weighted by Gasteiger charge is 1.99. The minimum atomic E-state index is 0.589. The van der Waals surface area contributed by atoms with Crippen molar-refractivity contribution in [2.24, 2.45) is 0 Å². The van der Waals surface area contributed by atoms with Crippen LogP contribution in [0, 0.1) is 18.3 Å². The monoisotopic (exact) mass is 174 g/mol. The summed E-state index contributed by atoms with van der Waals surface area (Å²) in [6, 6.07) is 9.33. The van der Waals surface area contributed by atoms with Gasteiger partial charge >= 0.3 is 0 Å². The molecule has 0 N–H and O–H groups in total. The molecule has 2 nitrogen and oxygen atoms in total. The van der Waals surface area contributed by atoms with Gasteiger partial charge in [0.05, 0.1) is 12.2 Å². The van der Waals surface area contributed by atoms with E-state index in [1.807, 2.05) is 18.2 Å². The van der Waals surface area contributed by atoms with Crippen molar-refractivity contribution in [1.29, 1.82) is 5.26 Å². The van der Waals surface area contributed by atoms with E-state index in [4.69, 9.17) is 10.00 Å². The van der Waals surface area contributed by atoms with Crippen LogP contribution >= 0.6 is 0 Å². The van der Waals surface area contributed by atoms with Crippen LogP contribution in [0.4, 0.5) is 0 Å². The lowest BCUT2D eigenvalue weighted by Gasteiger charge is -2.05. The Balaban J connectivity index is 2.60. The Bertz CT molecular complexity index is 301.